The molecule has 1 aromatic heterocycles. The maximum atomic E-state index is 11.6. The second kappa shape index (κ2) is 7.48. The average molecular weight is 270 g/mol. The number of aliphatic hydroxyl groups excluding tert-OH is 1. The van der Waals surface area contributed by atoms with Gasteiger partial charge in [0.05, 0.1) is 23.2 Å². The van der Waals surface area contributed by atoms with E-state index in [1.807, 2.05) is 26.2 Å². The minimum absolute atomic E-state index is 0.0780. The molecule has 1 amide bonds. The van der Waals surface area contributed by atoms with Gasteiger partial charge in [-0.1, -0.05) is 20.8 Å². The van der Waals surface area contributed by atoms with Crippen LogP contribution in [-0.2, 0) is 17.6 Å². The molecule has 1 unspecified atom stereocenters. The summed E-state index contributed by atoms with van der Waals surface area (Å²) in [6.07, 6.45) is 1.44. The van der Waals surface area contributed by atoms with E-state index in [0.717, 1.165) is 17.1 Å². The number of hydrogen-bond acceptors (Lipinski definition) is 4. The second-order valence-corrected chi connectivity index (χ2v) is 5.79. The number of aryl methyl sites for hydroxylation is 1. The van der Waals surface area contributed by atoms with E-state index >= 15 is 0 Å². The van der Waals surface area contributed by atoms with Gasteiger partial charge in [0.1, 0.15) is 0 Å². The third-order valence-corrected chi connectivity index (χ3v) is 3.56. The van der Waals surface area contributed by atoms with Gasteiger partial charge in [-0.15, -0.1) is 11.3 Å². The van der Waals surface area contributed by atoms with Gasteiger partial charge < -0.3 is 10.4 Å². The summed E-state index contributed by atoms with van der Waals surface area (Å²) in [5, 5.41) is 15.4. The van der Waals surface area contributed by atoms with Crippen molar-refractivity contribution in [3.8, 4) is 0 Å². The molecule has 0 radical (unpaired) electrons. The third-order valence-electron chi connectivity index (χ3n) is 2.52. The largest absolute Gasteiger partial charge is 0.391 e. The Balaban J connectivity index is 2.29. The highest BCUT2D eigenvalue weighted by Gasteiger charge is 2.10. The molecule has 0 fully saturated rings. The lowest BCUT2D eigenvalue weighted by Gasteiger charge is -2.13. The van der Waals surface area contributed by atoms with Crippen LogP contribution in [0.25, 0.3) is 0 Å². The molecule has 1 atom stereocenters. The zero-order chi connectivity index (χ0) is 13.5. The maximum absolute atomic E-state index is 11.6. The van der Waals surface area contributed by atoms with Crippen LogP contribution in [0, 0.1) is 5.92 Å². The van der Waals surface area contributed by atoms with Crippen molar-refractivity contribution in [1.82, 2.24) is 10.3 Å². The average Bonchev–Trinajstić information content (AvgIpc) is 2.73. The first kappa shape index (κ1) is 15.1. The highest BCUT2D eigenvalue weighted by Crippen LogP contribution is 2.10. The number of aromatic nitrogens is 1. The van der Waals surface area contributed by atoms with Crippen molar-refractivity contribution in [2.24, 2.45) is 5.92 Å². The van der Waals surface area contributed by atoms with Crippen LogP contribution < -0.4 is 5.32 Å². The fourth-order valence-electron chi connectivity index (χ4n) is 1.68. The van der Waals surface area contributed by atoms with E-state index in [9.17, 15) is 9.90 Å². The second-order valence-electron chi connectivity index (χ2n) is 4.85. The molecule has 0 aliphatic rings. The van der Waals surface area contributed by atoms with E-state index in [-0.39, 0.29) is 5.91 Å². The molecule has 2 N–H and O–H groups in total. The lowest BCUT2D eigenvalue weighted by Crippen LogP contribution is -2.33. The van der Waals surface area contributed by atoms with Crippen molar-refractivity contribution in [2.75, 3.05) is 6.54 Å². The summed E-state index contributed by atoms with van der Waals surface area (Å²) in [6, 6.07) is 0. The Morgan fingerprint density at radius 3 is 2.83 bits per heavy atom. The molecule has 1 aromatic rings. The van der Waals surface area contributed by atoms with Crippen LogP contribution >= 0.6 is 11.3 Å². The van der Waals surface area contributed by atoms with Gasteiger partial charge >= 0.3 is 0 Å². The lowest BCUT2D eigenvalue weighted by atomic mass is 10.1. The highest BCUT2D eigenvalue weighted by atomic mass is 32.1. The van der Waals surface area contributed by atoms with Crippen LogP contribution in [0.4, 0.5) is 0 Å². The predicted octanol–water partition coefficient (Wildman–Crippen LogP) is 1.77. The Morgan fingerprint density at radius 2 is 2.28 bits per heavy atom. The summed E-state index contributed by atoms with van der Waals surface area (Å²) in [7, 11) is 0. The molecule has 0 aliphatic heterocycles. The van der Waals surface area contributed by atoms with Gasteiger partial charge in [0.2, 0.25) is 5.91 Å². The molecule has 0 aromatic carbocycles. The third kappa shape index (κ3) is 5.60. The topological polar surface area (TPSA) is 62.2 Å². The molecule has 0 bridgehead atoms. The van der Waals surface area contributed by atoms with Gasteiger partial charge in [0.15, 0.2) is 0 Å². The van der Waals surface area contributed by atoms with E-state index in [4.69, 9.17) is 0 Å². The number of thiazole rings is 1. The van der Waals surface area contributed by atoms with E-state index in [1.54, 1.807) is 11.3 Å². The molecule has 0 aliphatic carbocycles. The zero-order valence-corrected chi connectivity index (χ0v) is 12.1. The van der Waals surface area contributed by atoms with Gasteiger partial charge in [0, 0.05) is 11.9 Å². The van der Waals surface area contributed by atoms with E-state index in [0.29, 0.717) is 25.3 Å². The molecule has 0 spiro atoms. The molecule has 18 heavy (non-hydrogen) atoms. The highest BCUT2D eigenvalue weighted by molar-refractivity contribution is 7.09. The van der Waals surface area contributed by atoms with Crippen molar-refractivity contribution in [3.63, 3.8) is 0 Å². The first-order chi connectivity index (χ1) is 8.51. The van der Waals surface area contributed by atoms with Crippen LogP contribution in [0.15, 0.2) is 5.38 Å². The Hall–Kier alpha value is -0.940. The standard InChI is InChI=1S/C13H22N2O2S/c1-4-13-15-10(8-18-13)6-12(17)14-7-11(16)5-9(2)3/h8-9,11,16H,4-7H2,1-3H3,(H,14,17). The summed E-state index contributed by atoms with van der Waals surface area (Å²) < 4.78 is 0. The fourth-order valence-corrected chi connectivity index (χ4v) is 2.42. The zero-order valence-electron chi connectivity index (χ0n) is 11.3. The smallest absolute Gasteiger partial charge is 0.226 e. The van der Waals surface area contributed by atoms with Crippen molar-refractivity contribution < 1.29 is 9.90 Å². The molecule has 1 rings (SSSR count). The summed E-state index contributed by atoms with van der Waals surface area (Å²) in [6.45, 7) is 6.46. The minimum atomic E-state index is -0.462. The van der Waals surface area contributed by atoms with E-state index in [1.165, 1.54) is 0 Å². The van der Waals surface area contributed by atoms with Gasteiger partial charge in [-0.3, -0.25) is 4.79 Å². The van der Waals surface area contributed by atoms with Crippen LogP contribution in [0.1, 0.15) is 37.9 Å². The van der Waals surface area contributed by atoms with Crippen molar-refractivity contribution in [2.45, 2.75) is 46.1 Å². The van der Waals surface area contributed by atoms with Crippen molar-refractivity contribution >= 4 is 17.2 Å². The molecule has 1 heterocycles. The SMILES string of the molecule is CCc1nc(CC(=O)NCC(O)CC(C)C)cs1. The number of nitrogens with one attached hydrogen (secondary N) is 1. The van der Waals surface area contributed by atoms with Crippen molar-refractivity contribution in [1.29, 1.82) is 0 Å². The van der Waals surface area contributed by atoms with Gasteiger partial charge in [-0.05, 0) is 18.8 Å². The monoisotopic (exact) mass is 270 g/mol. The molecular formula is C13H22N2O2S. The summed E-state index contributed by atoms with van der Waals surface area (Å²) in [5.41, 5.74) is 0.813. The van der Waals surface area contributed by atoms with Crippen LogP contribution in [-0.4, -0.2) is 28.6 Å². The lowest BCUT2D eigenvalue weighted by molar-refractivity contribution is -0.121. The normalized spacial score (nSPS) is 12.7. The summed E-state index contributed by atoms with van der Waals surface area (Å²) >= 11 is 1.58. The summed E-state index contributed by atoms with van der Waals surface area (Å²) in [4.78, 5) is 16.0. The van der Waals surface area contributed by atoms with Crippen LogP contribution in [0.3, 0.4) is 0 Å². The number of rotatable bonds is 7. The summed E-state index contributed by atoms with van der Waals surface area (Å²) in [5.74, 6) is 0.355. The Kier molecular flexibility index (Phi) is 6.29. The minimum Gasteiger partial charge on any atom is -0.391 e. The Labute approximate surface area is 112 Å². The Morgan fingerprint density at radius 1 is 1.56 bits per heavy atom. The van der Waals surface area contributed by atoms with Crippen LogP contribution in [0.2, 0.25) is 0 Å². The molecule has 5 heteroatoms. The molecule has 0 saturated carbocycles. The fraction of sp³-hybridized carbons (Fsp3) is 0.692. The van der Waals surface area contributed by atoms with E-state index < -0.39 is 6.10 Å². The number of carbonyl (C=O) groups excluding carboxylic acids is 1. The molecular weight excluding hydrogens is 248 g/mol. The van der Waals surface area contributed by atoms with Gasteiger partial charge in [-0.25, -0.2) is 4.98 Å². The predicted molar refractivity (Wildman–Crippen MR) is 73.7 cm³/mol. The van der Waals surface area contributed by atoms with Crippen molar-refractivity contribution in [3.05, 3.63) is 16.1 Å². The number of aliphatic hydroxyl groups is 1. The molecule has 0 saturated heterocycles. The van der Waals surface area contributed by atoms with Gasteiger partial charge in [-0.2, -0.15) is 0 Å². The number of nitrogens with zero attached hydrogens (tertiary/aromatic N) is 1. The number of amides is 1. The molecule has 102 valence electrons. The van der Waals surface area contributed by atoms with Gasteiger partial charge in [0.25, 0.3) is 0 Å². The maximum Gasteiger partial charge on any atom is 0.226 e. The number of hydrogen-bond donors (Lipinski definition) is 2. The Bertz CT molecular complexity index is 377. The quantitative estimate of drug-likeness (QED) is 0.794. The first-order valence-corrected chi connectivity index (χ1v) is 7.27. The van der Waals surface area contributed by atoms with E-state index in [2.05, 4.69) is 10.3 Å². The van der Waals surface area contributed by atoms with Crippen LogP contribution in [0.5, 0.6) is 0 Å². The molecule has 4 nitrogen and oxygen atoms in total. The number of carbonyl (C=O) groups is 1. The first-order valence-electron chi connectivity index (χ1n) is 6.39.